The zero-order valence-corrected chi connectivity index (χ0v) is 19.0. The van der Waals surface area contributed by atoms with E-state index in [1.807, 2.05) is 10.6 Å². The van der Waals surface area contributed by atoms with Gasteiger partial charge in [-0.25, -0.2) is 4.79 Å². The number of nitrogens with zero attached hydrogens (tertiary/aromatic N) is 3. The van der Waals surface area contributed by atoms with Crippen molar-refractivity contribution < 1.29 is 18.7 Å². The van der Waals surface area contributed by atoms with Crippen molar-refractivity contribution in [3.05, 3.63) is 46.6 Å². The molecule has 0 aliphatic heterocycles. The van der Waals surface area contributed by atoms with Crippen LogP contribution in [-0.2, 0) is 16.1 Å². The molecule has 0 saturated carbocycles. The van der Waals surface area contributed by atoms with Crippen molar-refractivity contribution in [3.8, 4) is 11.6 Å². The molecule has 0 bridgehead atoms. The molecule has 10 heteroatoms. The van der Waals surface area contributed by atoms with Crippen LogP contribution >= 0.6 is 27.7 Å². The molecule has 2 heterocycles. The van der Waals surface area contributed by atoms with Gasteiger partial charge in [-0.15, -0.1) is 10.2 Å². The molecule has 0 saturated heterocycles. The first-order chi connectivity index (χ1) is 14.5. The van der Waals surface area contributed by atoms with Crippen LogP contribution in [0.5, 0.6) is 0 Å². The fourth-order valence-electron chi connectivity index (χ4n) is 2.67. The van der Waals surface area contributed by atoms with Crippen molar-refractivity contribution >= 4 is 45.3 Å². The van der Waals surface area contributed by atoms with E-state index in [1.54, 1.807) is 37.3 Å². The number of rotatable bonds is 9. The Labute approximate surface area is 186 Å². The first-order valence-electron chi connectivity index (χ1n) is 9.40. The smallest absolute Gasteiger partial charge is 0.338 e. The number of carbonyl (C=O) groups is 2. The van der Waals surface area contributed by atoms with Gasteiger partial charge in [0.05, 0.1) is 17.9 Å². The number of esters is 1. The van der Waals surface area contributed by atoms with Gasteiger partial charge < -0.3 is 14.5 Å². The Kier molecular flexibility index (Phi) is 7.69. The topological polar surface area (TPSA) is 99.2 Å². The average Bonchev–Trinajstić information content (AvgIpc) is 3.33. The lowest BCUT2D eigenvalue weighted by atomic mass is 10.2. The fraction of sp³-hybridized carbons (Fsp3) is 0.300. The summed E-state index contributed by atoms with van der Waals surface area (Å²) in [5.41, 5.74) is 1.04. The standard InChI is InChI=1S/C20H21BrN4O4S/c1-3-11-25-18(15-9-10-16(21)29-15)23-24-20(25)30-12-17(26)22-14-7-5-13(6-8-14)19(27)28-4-2/h5-10H,3-4,11-12H2,1-2H3,(H,22,26). The highest BCUT2D eigenvalue weighted by Gasteiger charge is 2.17. The van der Waals surface area contributed by atoms with Gasteiger partial charge in [0.2, 0.25) is 11.7 Å². The summed E-state index contributed by atoms with van der Waals surface area (Å²) in [5, 5.41) is 11.9. The van der Waals surface area contributed by atoms with E-state index >= 15 is 0 Å². The monoisotopic (exact) mass is 492 g/mol. The Bertz CT molecular complexity index is 1020. The molecule has 3 rings (SSSR count). The molecule has 0 fully saturated rings. The SMILES string of the molecule is CCCn1c(SCC(=O)Nc2ccc(C(=O)OCC)cc2)nnc1-c1ccc(Br)o1. The number of hydrogen-bond acceptors (Lipinski definition) is 7. The summed E-state index contributed by atoms with van der Waals surface area (Å²) in [4.78, 5) is 24.0. The van der Waals surface area contributed by atoms with Crippen molar-refractivity contribution in [3.63, 3.8) is 0 Å². The number of amides is 1. The highest BCUT2D eigenvalue weighted by Crippen LogP contribution is 2.27. The zero-order valence-electron chi connectivity index (χ0n) is 16.6. The van der Waals surface area contributed by atoms with Gasteiger partial charge in [0, 0.05) is 12.2 Å². The number of carbonyl (C=O) groups excluding carboxylic acids is 2. The molecule has 0 aliphatic carbocycles. The number of furan rings is 1. The predicted octanol–water partition coefficient (Wildman–Crippen LogP) is 4.62. The molecule has 158 valence electrons. The summed E-state index contributed by atoms with van der Waals surface area (Å²) in [6.07, 6.45) is 0.888. The molecule has 0 radical (unpaired) electrons. The number of hydrogen-bond donors (Lipinski definition) is 1. The third kappa shape index (κ3) is 5.51. The maximum Gasteiger partial charge on any atom is 0.338 e. The molecule has 0 unspecified atom stereocenters. The van der Waals surface area contributed by atoms with Crippen LogP contribution in [0.1, 0.15) is 30.6 Å². The Balaban J connectivity index is 1.62. The van der Waals surface area contributed by atoms with Crippen molar-refractivity contribution in [1.82, 2.24) is 14.8 Å². The van der Waals surface area contributed by atoms with E-state index in [0.717, 1.165) is 6.42 Å². The average molecular weight is 493 g/mol. The van der Waals surface area contributed by atoms with E-state index in [4.69, 9.17) is 9.15 Å². The molecule has 30 heavy (non-hydrogen) atoms. The lowest BCUT2D eigenvalue weighted by Crippen LogP contribution is -2.15. The predicted molar refractivity (Wildman–Crippen MR) is 117 cm³/mol. The number of anilines is 1. The minimum absolute atomic E-state index is 0.170. The lowest BCUT2D eigenvalue weighted by molar-refractivity contribution is -0.113. The molecule has 0 spiro atoms. The van der Waals surface area contributed by atoms with Gasteiger partial charge in [0.1, 0.15) is 0 Å². The van der Waals surface area contributed by atoms with Crippen LogP contribution in [0.3, 0.4) is 0 Å². The van der Waals surface area contributed by atoms with Crippen LogP contribution in [0.25, 0.3) is 11.6 Å². The van der Waals surface area contributed by atoms with Gasteiger partial charge in [-0.1, -0.05) is 18.7 Å². The largest absolute Gasteiger partial charge is 0.462 e. The molecule has 0 aliphatic rings. The summed E-state index contributed by atoms with van der Waals surface area (Å²) >= 11 is 4.59. The number of nitrogens with one attached hydrogen (secondary N) is 1. The lowest BCUT2D eigenvalue weighted by Gasteiger charge is -2.08. The Morgan fingerprint density at radius 2 is 1.93 bits per heavy atom. The van der Waals surface area contributed by atoms with E-state index in [-0.39, 0.29) is 17.6 Å². The van der Waals surface area contributed by atoms with Crippen molar-refractivity contribution in [2.75, 3.05) is 17.7 Å². The van der Waals surface area contributed by atoms with Crippen LogP contribution in [0.15, 0.2) is 50.6 Å². The first kappa shape index (κ1) is 22.1. The molecule has 8 nitrogen and oxygen atoms in total. The molecule has 3 aromatic rings. The molecule has 1 aromatic carbocycles. The van der Waals surface area contributed by atoms with Crippen molar-refractivity contribution in [2.24, 2.45) is 0 Å². The second kappa shape index (κ2) is 10.4. The van der Waals surface area contributed by atoms with Crippen molar-refractivity contribution in [2.45, 2.75) is 32.0 Å². The number of halogens is 1. The first-order valence-corrected chi connectivity index (χ1v) is 11.2. The van der Waals surface area contributed by atoms with Gasteiger partial charge in [-0.2, -0.15) is 0 Å². The molecular formula is C20H21BrN4O4S. The van der Waals surface area contributed by atoms with E-state index in [9.17, 15) is 9.59 Å². The second-order valence-corrected chi connectivity index (χ2v) is 7.92. The third-order valence-corrected chi connectivity index (χ3v) is 5.36. The Morgan fingerprint density at radius 3 is 2.57 bits per heavy atom. The number of benzene rings is 1. The number of aromatic nitrogens is 3. The molecule has 2 aromatic heterocycles. The molecular weight excluding hydrogens is 472 g/mol. The molecule has 0 atom stereocenters. The highest BCUT2D eigenvalue weighted by molar-refractivity contribution is 9.10. The van der Waals surface area contributed by atoms with Crippen LogP contribution < -0.4 is 5.32 Å². The number of ether oxygens (including phenoxy) is 1. The van der Waals surface area contributed by atoms with Gasteiger partial charge in [-0.05, 0) is 65.7 Å². The molecule has 1 N–H and O–H groups in total. The summed E-state index contributed by atoms with van der Waals surface area (Å²) in [7, 11) is 0. The summed E-state index contributed by atoms with van der Waals surface area (Å²) in [5.74, 6) is 0.835. The normalized spacial score (nSPS) is 10.8. The van der Waals surface area contributed by atoms with E-state index in [0.29, 0.717) is 45.8 Å². The minimum atomic E-state index is -0.388. The van der Waals surface area contributed by atoms with Crippen molar-refractivity contribution in [1.29, 1.82) is 0 Å². The van der Waals surface area contributed by atoms with Gasteiger partial charge >= 0.3 is 5.97 Å². The molecule has 1 amide bonds. The summed E-state index contributed by atoms with van der Waals surface area (Å²) in [6.45, 7) is 4.83. The zero-order chi connectivity index (χ0) is 21.5. The van der Waals surface area contributed by atoms with E-state index in [2.05, 4.69) is 38.4 Å². The number of thioether (sulfide) groups is 1. The summed E-state index contributed by atoms with van der Waals surface area (Å²) < 4.78 is 13.1. The van der Waals surface area contributed by atoms with Gasteiger partial charge in [0.25, 0.3) is 0 Å². The van der Waals surface area contributed by atoms with E-state index in [1.165, 1.54) is 11.8 Å². The van der Waals surface area contributed by atoms with Gasteiger partial charge in [0.15, 0.2) is 15.6 Å². The third-order valence-electron chi connectivity index (χ3n) is 3.97. The maximum atomic E-state index is 12.4. The fourth-order valence-corrected chi connectivity index (χ4v) is 3.74. The quantitative estimate of drug-likeness (QED) is 0.343. The minimum Gasteiger partial charge on any atom is -0.462 e. The highest BCUT2D eigenvalue weighted by atomic mass is 79.9. The Morgan fingerprint density at radius 1 is 1.17 bits per heavy atom. The van der Waals surface area contributed by atoms with Gasteiger partial charge in [-0.3, -0.25) is 9.36 Å². The van der Waals surface area contributed by atoms with Crippen LogP contribution in [0.4, 0.5) is 5.69 Å². The second-order valence-electron chi connectivity index (χ2n) is 6.20. The van der Waals surface area contributed by atoms with Crippen LogP contribution in [-0.4, -0.2) is 39.0 Å². The Hall–Kier alpha value is -2.59. The van der Waals surface area contributed by atoms with Crippen LogP contribution in [0, 0.1) is 0 Å². The summed E-state index contributed by atoms with van der Waals surface area (Å²) in [6, 6.07) is 10.2. The maximum absolute atomic E-state index is 12.4. The van der Waals surface area contributed by atoms with Crippen LogP contribution in [0.2, 0.25) is 0 Å². The van der Waals surface area contributed by atoms with E-state index < -0.39 is 0 Å².